The molecule has 1 N–H and O–H groups in total. The molecule has 27 heavy (non-hydrogen) atoms. The van der Waals surface area contributed by atoms with E-state index in [0.717, 1.165) is 28.1 Å². The lowest BCUT2D eigenvalue weighted by molar-refractivity contribution is -0.116. The highest BCUT2D eigenvalue weighted by atomic mass is 35.5. The first-order chi connectivity index (χ1) is 13.0. The van der Waals surface area contributed by atoms with E-state index in [1.165, 1.54) is 11.3 Å². The van der Waals surface area contributed by atoms with Crippen LogP contribution in [0.2, 0.25) is 5.02 Å². The number of thiazole rings is 1. The lowest BCUT2D eigenvalue weighted by atomic mass is 10.1. The summed E-state index contributed by atoms with van der Waals surface area (Å²) in [6, 6.07) is 13.6. The summed E-state index contributed by atoms with van der Waals surface area (Å²) in [5, 5.41) is 6.05. The van der Waals surface area contributed by atoms with Gasteiger partial charge in [0.2, 0.25) is 5.91 Å². The number of aromatic nitrogens is 1. The van der Waals surface area contributed by atoms with Crippen LogP contribution in [0.3, 0.4) is 0 Å². The Bertz CT molecular complexity index is 922. The van der Waals surface area contributed by atoms with Crippen molar-refractivity contribution in [2.24, 2.45) is 0 Å². The molecule has 0 aliphatic rings. The summed E-state index contributed by atoms with van der Waals surface area (Å²) in [7, 11) is 0. The number of hydrogen-bond donors (Lipinski definition) is 1. The van der Waals surface area contributed by atoms with Crippen LogP contribution in [0.1, 0.15) is 24.0 Å². The zero-order chi connectivity index (χ0) is 19.2. The average molecular weight is 401 g/mol. The summed E-state index contributed by atoms with van der Waals surface area (Å²) in [5.74, 6) is 0.819. The number of nitrogens with zero attached hydrogens (tertiary/aromatic N) is 1. The van der Waals surface area contributed by atoms with E-state index in [9.17, 15) is 4.79 Å². The molecule has 1 aromatic heterocycles. The molecule has 0 bridgehead atoms. The monoisotopic (exact) mass is 400 g/mol. The summed E-state index contributed by atoms with van der Waals surface area (Å²) in [6.07, 6.45) is 1.04. The molecule has 0 spiro atoms. The van der Waals surface area contributed by atoms with Gasteiger partial charge in [-0.15, -0.1) is 11.3 Å². The maximum Gasteiger partial charge on any atom is 0.226 e. The van der Waals surface area contributed by atoms with Gasteiger partial charge in [-0.25, -0.2) is 4.98 Å². The fourth-order valence-electron chi connectivity index (χ4n) is 2.54. The standard InChI is InChI=1S/C21H21ClN2O2S/c1-14-5-6-15(2)19(12-14)26-11-3-4-20(25)24-21-23-18(13-27-21)16-7-9-17(22)10-8-16/h5-10,12-13H,3-4,11H2,1-2H3,(H,23,24,25). The highest BCUT2D eigenvalue weighted by Crippen LogP contribution is 2.26. The number of anilines is 1. The highest BCUT2D eigenvalue weighted by Gasteiger charge is 2.08. The van der Waals surface area contributed by atoms with Gasteiger partial charge in [0.05, 0.1) is 12.3 Å². The molecule has 140 valence electrons. The second kappa shape index (κ2) is 9.02. The number of rotatable bonds is 7. The van der Waals surface area contributed by atoms with Crippen molar-refractivity contribution < 1.29 is 9.53 Å². The Morgan fingerprint density at radius 2 is 1.96 bits per heavy atom. The van der Waals surface area contributed by atoms with Crippen molar-refractivity contribution >= 4 is 34.0 Å². The van der Waals surface area contributed by atoms with Gasteiger partial charge in [-0.3, -0.25) is 4.79 Å². The van der Waals surface area contributed by atoms with Gasteiger partial charge >= 0.3 is 0 Å². The number of aryl methyl sites for hydroxylation is 2. The van der Waals surface area contributed by atoms with Crippen molar-refractivity contribution in [2.75, 3.05) is 11.9 Å². The van der Waals surface area contributed by atoms with Crippen molar-refractivity contribution in [3.63, 3.8) is 0 Å². The normalized spacial score (nSPS) is 10.6. The summed E-state index contributed by atoms with van der Waals surface area (Å²) in [4.78, 5) is 16.6. The van der Waals surface area contributed by atoms with Crippen LogP contribution in [0.5, 0.6) is 5.75 Å². The van der Waals surface area contributed by atoms with Crippen molar-refractivity contribution in [3.05, 3.63) is 64.0 Å². The topological polar surface area (TPSA) is 51.2 Å². The van der Waals surface area contributed by atoms with Crippen LogP contribution in [0.4, 0.5) is 5.13 Å². The Kier molecular flexibility index (Phi) is 6.48. The highest BCUT2D eigenvalue weighted by molar-refractivity contribution is 7.14. The Hall–Kier alpha value is -2.37. The number of hydrogen-bond acceptors (Lipinski definition) is 4. The van der Waals surface area contributed by atoms with Gasteiger partial charge in [0, 0.05) is 22.4 Å². The molecule has 0 fully saturated rings. The largest absolute Gasteiger partial charge is 0.493 e. The Labute approximate surface area is 168 Å². The van der Waals surface area contributed by atoms with Gasteiger partial charge in [-0.1, -0.05) is 35.9 Å². The summed E-state index contributed by atoms with van der Waals surface area (Å²) < 4.78 is 5.79. The van der Waals surface area contributed by atoms with Gasteiger partial charge < -0.3 is 10.1 Å². The molecule has 1 heterocycles. The quantitative estimate of drug-likeness (QED) is 0.504. The first-order valence-corrected chi connectivity index (χ1v) is 9.98. The Morgan fingerprint density at radius 1 is 1.19 bits per heavy atom. The first-order valence-electron chi connectivity index (χ1n) is 8.72. The number of halogens is 1. The third-order valence-electron chi connectivity index (χ3n) is 4.04. The van der Waals surface area contributed by atoms with Gasteiger partial charge in [-0.05, 0) is 49.6 Å². The van der Waals surface area contributed by atoms with E-state index >= 15 is 0 Å². The van der Waals surface area contributed by atoms with Crippen molar-refractivity contribution in [1.29, 1.82) is 0 Å². The molecule has 0 aliphatic carbocycles. The molecule has 3 aromatic rings. The van der Waals surface area contributed by atoms with E-state index < -0.39 is 0 Å². The first kappa shape index (κ1) is 19.4. The molecular weight excluding hydrogens is 380 g/mol. The summed E-state index contributed by atoms with van der Waals surface area (Å²) in [5.41, 5.74) is 4.06. The number of benzene rings is 2. The molecule has 0 aliphatic heterocycles. The average Bonchev–Trinajstić information content (AvgIpc) is 3.10. The molecule has 6 heteroatoms. The van der Waals surface area contributed by atoms with E-state index in [2.05, 4.69) is 16.4 Å². The molecule has 0 saturated carbocycles. The third kappa shape index (κ3) is 5.55. The van der Waals surface area contributed by atoms with E-state index in [0.29, 0.717) is 29.6 Å². The van der Waals surface area contributed by atoms with Gasteiger partial charge in [0.25, 0.3) is 0 Å². The summed E-state index contributed by atoms with van der Waals surface area (Å²) >= 11 is 7.31. The fourth-order valence-corrected chi connectivity index (χ4v) is 3.41. The zero-order valence-corrected chi connectivity index (χ0v) is 16.9. The number of amides is 1. The minimum absolute atomic E-state index is 0.0587. The second-order valence-corrected chi connectivity index (χ2v) is 7.61. The maximum atomic E-state index is 12.1. The van der Waals surface area contributed by atoms with Crippen molar-refractivity contribution in [3.8, 4) is 17.0 Å². The number of carbonyl (C=O) groups is 1. The fraction of sp³-hybridized carbons (Fsp3) is 0.238. The minimum Gasteiger partial charge on any atom is -0.493 e. The predicted molar refractivity (Wildman–Crippen MR) is 112 cm³/mol. The van der Waals surface area contributed by atoms with Gasteiger partial charge in [-0.2, -0.15) is 0 Å². The Balaban J connectivity index is 1.46. The molecular formula is C21H21ClN2O2S. The van der Waals surface area contributed by atoms with Gasteiger partial charge in [0.15, 0.2) is 5.13 Å². The van der Waals surface area contributed by atoms with E-state index in [1.54, 1.807) is 0 Å². The second-order valence-electron chi connectivity index (χ2n) is 6.31. The van der Waals surface area contributed by atoms with E-state index in [1.807, 2.05) is 55.6 Å². The molecule has 0 atom stereocenters. The number of carbonyl (C=O) groups excluding carboxylic acids is 1. The van der Waals surface area contributed by atoms with Crippen LogP contribution < -0.4 is 10.1 Å². The lowest BCUT2D eigenvalue weighted by Gasteiger charge is -2.09. The van der Waals surface area contributed by atoms with Crippen LogP contribution in [0.25, 0.3) is 11.3 Å². The number of ether oxygens (including phenoxy) is 1. The molecule has 1 amide bonds. The molecule has 0 saturated heterocycles. The molecule has 2 aromatic carbocycles. The van der Waals surface area contributed by atoms with E-state index in [4.69, 9.17) is 16.3 Å². The van der Waals surface area contributed by atoms with Crippen LogP contribution in [0, 0.1) is 13.8 Å². The smallest absolute Gasteiger partial charge is 0.226 e. The van der Waals surface area contributed by atoms with Crippen molar-refractivity contribution in [1.82, 2.24) is 4.98 Å². The lowest BCUT2D eigenvalue weighted by Crippen LogP contribution is -2.12. The van der Waals surface area contributed by atoms with Crippen LogP contribution in [0.15, 0.2) is 47.8 Å². The summed E-state index contributed by atoms with van der Waals surface area (Å²) in [6.45, 7) is 4.56. The number of nitrogens with one attached hydrogen (secondary N) is 1. The van der Waals surface area contributed by atoms with Crippen molar-refractivity contribution in [2.45, 2.75) is 26.7 Å². The maximum absolute atomic E-state index is 12.1. The minimum atomic E-state index is -0.0587. The third-order valence-corrected chi connectivity index (χ3v) is 5.05. The Morgan fingerprint density at radius 3 is 2.74 bits per heavy atom. The molecule has 3 rings (SSSR count). The molecule has 4 nitrogen and oxygen atoms in total. The van der Waals surface area contributed by atoms with Crippen LogP contribution in [-0.2, 0) is 4.79 Å². The van der Waals surface area contributed by atoms with Crippen LogP contribution in [-0.4, -0.2) is 17.5 Å². The molecule has 0 unspecified atom stereocenters. The predicted octanol–water partition coefficient (Wildman–Crippen LogP) is 5.88. The molecule has 0 radical (unpaired) electrons. The zero-order valence-electron chi connectivity index (χ0n) is 15.3. The van der Waals surface area contributed by atoms with Gasteiger partial charge in [0.1, 0.15) is 5.75 Å². The van der Waals surface area contributed by atoms with Crippen LogP contribution >= 0.6 is 22.9 Å². The SMILES string of the molecule is Cc1ccc(C)c(OCCCC(=O)Nc2nc(-c3ccc(Cl)cc3)cs2)c1. The van der Waals surface area contributed by atoms with E-state index in [-0.39, 0.29) is 5.91 Å².